The molecule has 2 atom stereocenters. The van der Waals surface area contributed by atoms with Crippen LogP contribution in [0.2, 0.25) is 0 Å². The van der Waals surface area contributed by atoms with Crippen LogP contribution in [0.4, 0.5) is 0 Å². The van der Waals surface area contributed by atoms with E-state index >= 15 is 0 Å². The van der Waals surface area contributed by atoms with E-state index in [0.717, 1.165) is 25.2 Å². The number of nitrogens with zero attached hydrogens (tertiary/aromatic N) is 1. The maximum absolute atomic E-state index is 5.54. The summed E-state index contributed by atoms with van der Waals surface area (Å²) in [5.41, 5.74) is 0.302. The molecule has 1 saturated heterocycles. The van der Waals surface area contributed by atoms with Gasteiger partial charge >= 0.3 is 0 Å². The fraction of sp³-hybridized carbons (Fsp3) is 1.00. The predicted molar refractivity (Wildman–Crippen MR) is 89.7 cm³/mol. The average Bonchev–Trinajstić information content (AvgIpc) is 2.53. The highest BCUT2D eigenvalue weighted by molar-refractivity contribution is 4.97. The van der Waals surface area contributed by atoms with Gasteiger partial charge in [0.15, 0.2) is 0 Å². The van der Waals surface area contributed by atoms with E-state index in [1.165, 1.54) is 64.6 Å². The van der Waals surface area contributed by atoms with Gasteiger partial charge in [0.2, 0.25) is 0 Å². The molecule has 21 heavy (non-hydrogen) atoms. The van der Waals surface area contributed by atoms with Gasteiger partial charge in [-0.2, -0.15) is 0 Å². The van der Waals surface area contributed by atoms with E-state index in [4.69, 9.17) is 4.74 Å². The Balaban J connectivity index is 1.92. The van der Waals surface area contributed by atoms with Crippen molar-refractivity contribution in [3.8, 4) is 0 Å². The first-order valence-corrected chi connectivity index (χ1v) is 9.25. The minimum atomic E-state index is 0.302. The summed E-state index contributed by atoms with van der Waals surface area (Å²) in [5.74, 6) is 0.916. The molecular weight excluding hydrogens is 260 g/mol. The van der Waals surface area contributed by atoms with Crippen molar-refractivity contribution in [2.75, 3.05) is 32.8 Å². The van der Waals surface area contributed by atoms with E-state index in [0.29, 0.717) is 5.54 Å². The largest absolute Gasteiger partial charge is 0.382 e. The Labute approximate surface area is 131 Å². The van der Waals surface area contributed by atoms with Crippen LogP contribution in [0.1, 0.15) is 65.7 Å². The summed E-state index contributed by atoms with van der Waals surface area (Å²) in [6.07, 6.45) is 9.61. The van der Waals surface area contributed by atoms with Crippen molar-refractivity contribution < 1.29 is 4.74 Å². The van der Waals surface area contributed by atoms with Crippen molar-refractivity contribution in [1.29, 1.82) is 0 Å². The summed E-state index contributed by atoms with van der Waals surface area (Å²) >= 11 is 0. The molecule has 1 heterocycles. The van der Waals surface area contributed by atoms with Crippen LogP contribution in [0.15, 0.2) is 0 Å². The zero-order valence-corrected chi connectivity index (χ0v) is 14.5. The summed E-state index contributed by atoms with van der Waals surface area (Å²) in [5, 5.41) is 3.85. The Morgan fingerprint density at radius 3 is 2.62 bits per heavy atom. The van der Waals surface area contributed by atoms with Crippen LogP contribution in [0.3, 0.4) is 0 Å². The lowest BCUT2D eigenvalue weighted by molar-refractivity contribution is 0.0320. The number of rotatable bonds is 7. The molecule has 1 aliphatic carbocycles. The molecule has 0 aromatic carbocycles. The number of hydrogen-bond acceptors (Lipinski definition) is 3. The summed E-state index contributed by atoms with van der Waals surface area (Å²) in [6, 6.07) is 0.756. The highest BCUT2D eigenvalue weighted by Crippen LogP contribution is 2.32. The number of ether oxygens (including phenoxy) is 1. The Morgan fingerprint density at radius 1 is 1.19 bits per heavy atom. The van der Waals surface area contributed by atoms with E-state index in [1.54, 1.807) is 0 Å². The first-order valence-electron chi connectivity index (χ1n) is 9.25. The van der Waals surface area contributed by atoms with Gasteiger partial charge < -0.3 is 10.1 Å². The molecule has 2 fully saturated rings. The van der Waals surface area contributed by atoms with Crippen LogP contribution in [-0.2, 0) is 4.74 Å². The molecule has 124 valence electrons. The lowest BCUT2D eigenvalue weighted by atomic mass is 9.80. The normalized spacial score (nSPS) is 32.4. The van der Waals surface area contributed by atoms with Crippen LogP contribution in [0.25, 0.3) is 0 Å². The zero-order chi connectivity index (χ0) is 15.1. The maximum Gasteiger partial charge on any atom is 0.0478 e. The highest BCUT2D eigenvalue weighted by atomic mass is 16.5. The van der Waals surface area contributed by atoms with Crippen LogP contribution in [-0.4, -0.2) is 49.3 Å². The Bertz CT molecular complexity index is 291. The fourth-order valence-electron chi connectivity index (χ4n) is 4.08. The van der Waals surface area contributed by atoms with E-state index in [-0.39, 0.29) is 0 Å². The van der Waals surface area contributed by atoms with Crippen molar-refractivity contribution >= 4 is 0 Å². The monoisotopic (exact) mass is 296 g/mol. The van der Waals surface area contributed by atoms with Gasteiger partial charge in [0.05, 0.1) is 0 Å². The minimum Gasteiger partial charge on any atom is -0.382 e. The van der Waals surface area contributed by atoms with Crippen LogP contribution in [0.5, 0.6) is 0 Å². The quantitative estimate of drug-likeness (QED) is 0.728. The van der Waals surface area contributed by atoms with Crippen molar-refractivity contribution in [2.24, 2.45) is 5.92 Å². The summed E-state index contributed by atoms with van der Waals surface area (Å²) in [7, 11) is 0. The second kappa shape index (κ2) is 8.50. The summed E-state index contributed by atoms with van der Waals surface area (Å²) < 4.78 is 5.54. The highest BCUT2D eigenvalue weighted by Gasteiger charge is 2.37. The Morgan fingerprint density at radius 2 is 1.95 bits per heavy atom. The lowest BCUT2D eigenvalue weighted by Gasteiger charge is -2.49. The van der Waals surface area contributed by atoms with Crippen molar-refractivity contribution in [1.82, 2.24) is 10.2 Å². The number of hydrogen-bond donors (Lipinski definition) is 1. The molecule has 0 bridgehead atoms. The minimum absolute atomic E-state index is 0.302. The molecule has 0 aromatic heterocycles. The van der Waals surface area contributed by atoms with Gasteiger partial charge in [-0.25, -0.2) is 0 Å². The fourth-order valence-corrected chi connectivity index (χ4v) is 4.08. The van der Waals surface area contributed by atoms with Crippen molar-refractivity contribution in [2.45, 2.75) is 77.3 Å². The van der Waals surface area contributed by atoms with Crippen LogP contribution in [0, 0.1) is 5.92 Å². The molecule has 1 aliphatic heterocycles. The third kappa shape index (κ3) is 4.94. The molecule has 0 aromatic rings. The van der Waals surface area contributed by atoms with E-state index < -0.39 is 0 Å². The number of piperazine rings is 1. The number of nitrogens with one attached hydrogen (secondary N) is 1. The van der Waals surface area contributed by atoms with E-state index in [9.17, 15) is 0 Å². The molecule has 3 heteroatoms. The smallest absolute Gasteiger partial charge is 0.0478 e. The van der Waals surface area contributed by atoms with Gasteiger partial charge in [0, 0.05) is 44.4 Å². The third-order valence-corrected chi connectivity index (χ3v) is 5.67. The van der Waals surface area contributed by atoms with Crippen molar-refractivity contribution in [3.63, 3.8) is 0 Å². The van der Waals surface area contributed by atoms with Gasteiger partial charge in [-0.3, -0.25) is 4.90 Å². The van der Waals surface area contributed by atoms with Gasteiger partial charge in [-0.05, 0) is 45.4 Å². The molecule has 0 radical (unpaired) electrons. The Kier molecular flexibility index (Phi) is 6.97. The van der Waals surface area contributed by atoms with E-state index in [1.807, 2.05) is 0 Å². The predicted octanol–water partition coefficient (Wildman–Crippen LogP) is 3.44. The maximum atomic E-state index is 5.54. The van der Waals surface area contributed by atoms with Crippen LogP contribution < -0.4 is 5.32 Å². The Hall–Kier alpha value is -0.120. The lowest BCUT2D eigenvalue weighted by Crippen LogP contribution is -2.64. The third-order valence-electron chi connectivity index (χ3n) is 5.67. The molecule has 2 aliphatic rings. The summed E-state index contributed by atoms with van der Waals surface area (Å²) in [6.45, 7) is 12.1. The SMILES string of the molecule is CCOCCCN1CC(C)(CC)NCC1C1CCCCC1. The topological polar surface area (TPSA) is 24.5 Å². The molecule has 1 N–H and O–H groups in total. The van der Waals surface area contributed by atoms with Gasteiger partial charge in [0.1, 0.15) is 0 Å². The van der Waals surface area contributed by atoms with Gasteiger partial charge in [-0.15, -0.1) is 0 Å². The molecular formula is C18H36N2O. The van der Waals surface area contributed by atoms with E-state index in [2.05, 4.69) is 31.0 Å². The van der Waals surface area contributed by atoms with Gasteiger partial charge in [0.25, 0.3) is 0 Å². The average molecular weight is 296 g/mol. The second-order valence-electron chi connectivity index (χ2n) is 7.28. The standard InChI is InChI=1S/C18H36N2O/c1-4-18(3)15-20(12-9-13-21-5-2)17(14-19-18)16-10-7-6-8-11-16/h16-17,19H,4-15H2,1-3H3. The molecule has 0 amide bonds. The molecule has 3 nitrogen and oxygen atoms in total. The van der Waals surface area contributed by atoms with Crippen LogP contribution >= 0.6 is 0 Å². The zero-order valence-electron chi connectivity index (χ0n) is 14.5. The molecule has 2 unspecified atom stereocenters. The molecule has 0 spiro atoms. The molecule has 1 saturated carbocycles. The first kappa shape index (κ1) is 17.2. The second-order valence-corrected chi connectivity index (χ2v) is 7.28. The first-order chi connectivity index (χ1) is 10.2. The molecule has 2 rings (SSSR count). The van der Waals surface area contributed by atoms with Crippen molar-refractivity contribution in [3.05, 3.63) is 0 Å². The summed E-state index contributed by atoms with van der Waals surface area (Å²) in [4.78, 5) is 2.79. The van der Waals surface area contributed by atoms with Gasteiger partial charge in [-0.1, -0.05) is 26.2 Å².